The van der Waals surface area contributed by atoms with E-state index in [0.29, 0.717) is 24.2 Å². The Balaban J connectivity index is 1.89. The molecule has 2 rings (SSSR count). The summed E-state index contributed by atoms with van der Waals surface area (Å²) in [7, 11) is 0. The van der Waals surface area contributed by atoms with Crippen molar-refractivity contribution in [3.8, 4) is 5.75 Å². The van der Waals surface area contributed by atoms with Crippen LogP contribution in [-0.4, -0.2) is 41.6 Å². The first kappa shape index (κ1) is 13.4. The number of rotatable bonds is 6. The summed E-state index contributed by atoms with van der Waals surface area (Å²) in [6.07, 6.45) is 2.64. The van der Waals surface area contributed by atoms with Gasteiger partial charge in [0.1, 0.15) is 0 Å². The number of anilines is 2. The number of nitrogen functional groups attached to an aromatic ring is 1. The highest BCUT2D eigenvalue weighted by Crippen LogP contribution is 2.35. The second kappa shape index (κ2) is 6.24. The van der Waals surface area contributed by atoms with Crippen LogP contribution in [0.2, 0.25) is 0 Å². The summed E-state index contributed by atoms with van der Waals surface area (Å²) in [5, 5.41) is 4.35. The average molecular weight is 270 g/mol. The average Bonchev–Trinajstić information content (AvgIpc) is 2.99. The standard InChI is InChI=1S/C12H22N4OS/c1-3-17-10-11(13)15-18-12(10)14-8-9(2)16-6-4-5-7-16/h9,14H,3-8H2,1-2H3,(H2,13,15). The third-order valence-corrected chi connectivity index (χ3v) is 4.09. The number of nitrogens with zero attached hydrogens (tertiary/aromatic N) is 2. The van der Waals surface area contributed by atoms with Crippen molar-refractivity contribution < 1.29 is 4.74 Å². The van der Waals surface area contributed by atoms with Crippen LogP contribution in [0.15, 0.2) is 0 Å². The highest BCUT2D eigenvalue weighted by Gasteiger charge is 2.19. The van der Waals surface area contributed by atoms with Gasteiger partial charge in [0.05, 0.1) is 6.61 Å². The maximum absolute atomic E-state index is 5.78. The van der Waals surface area contributed by atoms with Crippen molar-refractivity contribution in [1.29, 1.82) is 0 Å². The largest absolute Gasteiger partial charge is 0.487 e. The van der Waals surface area contributed by atoms with E-state index in [1.165, 1.54) is 37.5 Å². The maximum Gasteiger partial charge on any atom is 0.197 e. The maximum atomic E-state index is 5.78. The van der Waals surface area contributed by atoms with E-state index < -0.39 is 0 Å². The summed E-state index contributed by atoms with van der Waals surface area (Å²) < 4.78 is 9.64. The van der Waals surface area contributed by atoms with Gasteiger partial charge in [0, 0.05) is 12.6 Å². The van der Waals surface area contributed by atoms with Crippen LogP contribution >= 0.6 is 11.5 Å². The van der Waals surface area contributed by atoms with E-state index in [0.717, 1.165) is 11.5 Å². The summed E-state index contributed by atoms with van der Waals surface area (Å²) in [5.74, 6) is 1.19. The van der Waals surface area contributed by atoms with Crippen molar-refractivity contribution in [2.45, 2.75) is 32.7 Å². The van der Waals surface area contributed by atoms with Crippen LogP contribution in [0.3, 0.4) is 0 Å². The zero-order valence-electron chi connectivity index (χ0n) is 11.1. The molecule has 0 spiro atoms. The van der Waals surface area contributed by atoms with Crippen molar-refractivity contribution in [3.63, 3.8) is 0 Å². The van der Waals surface area contributed by atoms with E-state index in [1.807, 2.05) is 6.92 Å². The second-order valence-electron chi connectivity index (χ2n) is 4.63. The quantitative estimate of drug-likeness (QED) is 0.828. The molecule has 5 nitrogen and oxygen atoms in total. The molecule has 1 aliphatic rings. The molecule has 1 unspecified atom stereocenters. The van der Waals surface area contributed by atoms with Gasteiger partial charge in [0.2, 0.25) is 0 Å². The van der Waals surface area contributed by atoms with E-state index in [2.05, 4.69) is 21.5 Å². The van der Waals surface area contributed by atoms with E-state index >= 15 is 0 Å². The van der Waals surface area contributed by atoms with Gasteiger partial charge in [0.25, 0.3) is 0 Å². The van der Waals surface area contributed by atoms with Crippen LogP contribution in [0.4, 0.5) is 10.8 Å². The summed E-state index contributed by atoms with van der Waals surface area (Å²) in [6.45, 7) is 8.15. The molecule has 2 heterocycles. The zero-order valence-corrected chi connectivity index (χ0v) is 11.9. The number of aromatic nitrogens is 1. The van der Waals surface area contributed by atoms with E-state index in [4.69, 9.17) is 10.5 Å². The van der Waals surface area contributed by atoms with Crippen LogP contribution in [0.25, 0.3) is 0 Å². The van der Waals surface area contributed by atoms with Crippen LogP contribution in [0.5, 0.6) is 5.75 Å². The number of hydrogen-bond donors (Lipinski definition) is 2. The normalized spacial score (nSPS) is 17.9. The number of hydrogen-bond acceptors (Lipinski definition) is 6. The van der Waals surface area contributed by atoms with Gasteiger partial charge in [-0.2, -0.15) is 4.37 Å². The highest BCUT2D eigenvalue weighted by atomic mass is 32.1. The zero-order chi connectivity index (χ0) is 13.0. The van der Waals surface area contributed by atoms with Crippen LogP contribution in [0.1, 0.15) is 26.7 Å². The van der Waals surface area contributed by atoms with Gasteiger partial charge in [-0.25, -0.2) is 0 Å². The van der Waals surface area contributed by atoms with Gasteiger partial charge in [-0.15, -0.1) is 0 Å². The molecule has 1 aromatic rings. The molecule has 6 heteroatoms. The molecule has 0 amide bonds. The molecule has 18 heavy (non-hydrogen) atoms. The summed E-state index contributed by atoms with van der Waals surface area (Å²) in [6, 6.07) is 0.533. The fraction of sp³-hybridized carbons (Fsp3) is 0.750. The van der Waals surface area contributed by atoms with Gasteiger partial charge in [-0.3, -0.25) is 4.90 Å². The fourth-order valence-corrected chi connectivity index (χ4v) is 2.91. The third-order valence-electron chi connectivity index (χ3n) is 3.28. The summed E-state index contributed by atoms with van der Waals surface area (Å²) >= 11 is 1.37. The Labute approximate surface area is 112 Å². The Kier molecular flexibility index (Phi) is 4.66. The molecule has 102 valence electrons. The smallest absolute Gasteiger partial charge is 0.197 e. The number of nitrogens with two attached hydrogens (primary N) is 1. The monoisotopic (exact) mass is 270 g/mol. The first-order valence-electron chi connectivity index (χ1n) is 6.58. The van der Waals surface area contributed by atoms with Gasteiger partial charge in [-0.1, -0.05) is 0 Å². The molecule has 1 fully saturated rings. The molecular formula is C12H22N4OS. The first-order valence-corrected chi connectivity index (χ1v) is 7.35. The van der Waals surface area contributed by atoms with Gasteiger partial charge in [0.15, 0.2) is 16.6 Å². The predicted molar refractivity (Wildman–Crippen MR) is 76.5 cm³/mol. The summed E-state index contributed by atoms with van der Waals surface area (Å²) in [5.41, 5.74) is 5.78. The Hall–Kier alpha value is -1.01. The molecule has 0 saturated carbocycles. The van der Waals surface area contributed by atoms with Crippen LogP contribution < -0.4 is 15.8 Å². The molecule has 0 bridgehead atoms. The number of ether oxygens (including phenoxy) is 1. The van der Waals surface area contributed by atoms with E-state index in [1.54, 1.807) is 0 Å². The first-order chi connectivity index (χ1) is 8.72. The van der Waals surface area contributed by atoms with E-state index in [-0.39, 0.29) is 0 Å². The number of nitrogens with one attached hydrogen (secondary N) is 1. The van der Waals surface area contributed by atoms with Gasteiger partial charge in [-0.05, 0) is 51.3 Å². The van der Waals surface area contributed by atoms with Crippen molar-refractivity contribution in [2.24, 2.45) is 0 Å². The lowest BCUT2D eigenvalue weighted by Gasteiger charge is -2.24. The number of likely N-dealkylation sites (tertiary alicyclic amines) is 1. The van der Waals surface area contributed by atoms with Gasteiger partial charge >= 0.3 is 0 Å². The molecule has 1 aromatic heterocycles. The van der Waals surface area contributed by atoms with E-state index in [9.17, 15) is 0 Å². The topological polar surface area (TPSA) is 63.4 Å². The minimum absolute atomic E-state index is 0.484. The van der Waals surface area contributed by atoms with Crippen LogP contribution in [0, 0.1) is 0 Å². The predicted octanol–water partition coefficient (Wildman–Crippen LogP) is 2.02. The minimum Gasteiger partial charge on any atom is -0.487 e. The fourth-order valence-electron chi connectivity index (χ4n) is 2.24. The van der Waals surface area contributed by atoms with Crippen molar-refractivity contribution in [1.82, 2.24) is 9.27 Å². The molecular weight excluding hydrogens is 248 g/mol. The lowest BCUT2D eigenvalue weighted by Crippen LogP contribution is -2.35. The SMILES string of the molecule is CCOc1c(N)nsc1NCC(C)N1CCCC1. The Bertz CT molecular complexity index is 376. The van der Waals surface area contributed by atoms with Crippen molar-refractivity contribution in [2.75, 3.05) is 37.3 Å². The Morgan fingerprint density at radius 3 is 2.89 bits per heavy atom. The Morgan fingerprint density at radius 2 is 2.22 bits per heavy atom. The lowest BCUT2D eigenvalue weighted by atomic mass is 10.3. The molecule has 1 aliphatic heterocycles. The minimum atomic E-state index is 0.484. The Morgan fingerprint density at radius 1 is 1.50 bits per heavy atom. The summed E-state index contributed by atoms with van der Waals surface area (Å²) in [4.78, 5) is 2.51. The lowest BCUT2D eigenvalue weighted by molar-refractivity contribution is 0.269. The molecule has 1 saturated heterocycles. The highest BCUT2D eigenvalue weighted by molar-refractivity contribution is 7.11. The molecule has 3 N–H and O–H groups in total. The second-order valence-corrected chi connectivity index (χ2v) is 5.41. The molecule has 0 radical (unpaired) electrons. The van der Waals surface area contributed by atoms with Crippen molar-refractivity contribution >= 4 is 22.4 Å². The molecule has 1 atom stereocenters. The third kappa shape index (κ3) is 3.05. The van der Waals surface area contributed by atoms with Crippen LogP contribution in [-0.2, 0) is 0 Å². The molecule has 0 aliphatic carbocycles. The van der Waals surface area contributed by atoms with Gasteiger partial charge < -0.3 is 15.8 Å². The molecule has 0 aromatic carbocycles. The van der Waals surface area contributed by atoms with Crippen molar-refractivity contribution in [3.05, 3.63) is 0 Å².